The number of nitrogens with zero attached hydrogens (tertiary/aromatic N) is 2. The minimum atomic E-state index is -0.0361. The minimum Gasteiger partial charge on any atom is -1.00 e. The molecule has 31 heavy (non-hydrogen) atoms. The fourth-order valence-corrected chi connectivity index (χ4v) is 4.92. The lowest BCUT2D eigenvalue weighted by Gasteiger charge is -2.24. The van der Waals surface area contributed by atoms with Crippen LogP contribution in [-0.2, 0) is 5.41 Å². The Kier molecular flexibility index (Phi) is 5.65. The standard InChI is InChI=1S/C28H27N2.HI/c1-20-18-21(19-27-28(2,3)24-15-9-11-17-26(24)29(27)4)23-14-8-10-16-25(23)30(20)22-12-6-5-7-13-22;/h5-19H,1-4H3;1H/q+1;/p-1. The molecule has 1 aliphatic heterocycles. The maximum atomic E-state index is 2.38. The van der Waals surface area contributed by atoms with E-state index in [0.29, 0.717) is 0 Å². The SMILES string of the molecule is Cc1cc(C=C2N(C)c3ccccc3C2(C)C)c2ccccc2[n+]1-c1ccccc1.[I-]. The van der Waals surface area contributed by atoms with E-state index in [1.165, 1.54) is 44.8 Å². The van der Waals surface area contributed by atoms with Gasteiger partial charge in [-0.15, -0.1) is 0 Å². The molecule has 0 N–H and O–H groups in total. The monoisotopic (exact) mass is 518 g/mol. The summed E-state index contributed by atoms with van der Waals surface area (Å²) in [4.78, 5) is 2.34. The summed E-state index contributed by atoms with van der Waals surface area (Å²) in [6.45, 7) is 6.84. The molecule has 0 atom stereocenters. The quantitative estimate of drug-likeness (QED) is 0.292. The second kappa shape index (κ2) is 8.12. The van der Waals surface area contributed by atoms with E-state index in [4.69, 9.17) is 0 Å². The van der Waals surface area contributed by atoms with Crippen molar-refractivity contribution in [1.29, 1.82) is 0 Å². The Balaban J connectivity index is 0.00000231. The van der Waals surface area contributed by atoms with Gasteiger partial charge in [-0.25, -0.2) is 0 Å². The lowest BCUT2D eigenvalue weighted by atomic mass is 9.83. The Morgan fingerprint density at radius 3 is 2.23 bits per heavy atom. The molecule has 0 fully saturated rings. The average molecular weight is 518 g/mol. The van der Waals surface area contributed by atoms with Crippen molar-refractivity contribution in [2.75, 3.05) is 11.9 Å². The summed E-state index contributed by atoms with van der Waals surface area (Å²) in [5, 5.41) is 1.26. The van der Waals surface area contributed by atoms with Gasteiger partial charge in [-0.1, -0.05) is 62.4 Å². The largest absolute Gasteiger partial charge is 1.00 e. The summed E-state index contributed by atoms with van der Waals surface area (Å²) in [6.07, 6.45) is 2.38. The minimum absolute atomic E-state index is 0. The number of anilines is 1. The van der Waals surface area contributed by atoms with Crippen LogP contribution in [0.4, 0.5) is 5.69 Å². The Morgan fingerprint density at radius 1 is 0.839 bits per heavy atom. The highest BCUT2D eigenvalue weighted by Gasteiger charge is 2.38. The summed E-state index contributed by atoms with van der Waals surface area (Å²) < 4.78 is 2.34. The molecular weight excluding hydrogens is 491 g/mol. The fourth-order valence-electron chi connectivity index (χ4n) is 4.92. The highest BCUT2D eigenvalue weighted by molar-refractivity contribution is 5.88. The van der Waals surface area contributed by atoms with Crippen molar-refractivity contribution in [1.82, 2.24) is 0 Å². The van der Waals surface area contributed by atoms with Gasteiger partial charge in [-0.3, -0.25) is 0 Å². The van der Waals surface area contributed by atoms with E-state index < -0.39 is 0 Å². The van der Waals surface area contributed by atoms with Gasteiger partial charge >= 0.3 is 0 Å². The normalized spacial score (nSPS) is 15.7. The molecule has 1 aliphatic rings. The number of hydrogen-bond donors (Lipinski definition) is 0. The first-order valence-corrected chi connectivity index (χ1v) is 10.5. The maximum absolute atomic E-state index is 2.38. The summed E-state index contributed by atoms with van der Waals surface area (Å²) in [5.41, 5.74) is 8.88. The van der Waals surface area contributed by atoms with Crippen molar-refractivity contribution < 1.29 is 28.5 Å². The Bertz CT molecular complexity index is 1290. The van der Waals surface area contributed by atoms with Gasteiger partial charge in [0.1, 0.15) is 0 Å². The van der Waals surface area contributed by atoms with E-state index in [1.54, 1.807) is 0 Å². The maximum Gasteiger partial charge on any atom is 0.219 e. The third-order valence-corrected chi connectivity index (χ3v) is 6.42. The van der Waals surface area contributed by atoms with E-state index in [9.17, 15) is 0 Å². The van der Waals surface area contributed by atoms with Crippen molar-refractivity contribution in [2.24, 2.45) is 0 Å². The van der Waals surface area contributed by atoms with E-state index >= 15 is 0 Å². The summed E-state index contributed by atoms with van der Waals surface area (Å²) >= 11 is 0. The molecule has 5 rings (SSSR count). The molecule has 0 spiro atoms. The first-order valence-electron chi connectivity index (χ1n) is 10.5. The van der Waals surface area contributed by atoms with Crippen molar-refractivity contribution in [3.05, 3.63) is 107 Å². The van der Waals surface area contributed by atoms with Gasteiger partial charge in [0.15, 0.2) is 5.69 Å². The van der Waals surface area contributed by atoms with Crippen molar-refractivity contribution in [3.63, 3.8) is 0 Å². The molecule has 4 aromatic rings. The zero-order valence-electron chi connectivity index (χ0n) is 18.4. The predicted molar refractivity (Wildman–Crippen MR) is 126 cm³/mol. The first kappa shape index (κ1) is 21.6. The smallest absolute Gasteiger partial charge is 0.219 e. The second-order valence-electron chi connectivity index (χ2n) is 8.66. The van der Waals surface area contributed by atoms with Crippen molar-refractivity contribution in [3.8, 4) is 5.69 Å². The highest BCUT2D eigenvalue weighted by Crippen LogP contribution is 2.47. The highest BCUT2D eigenvalue weighted by atomic mass is 127. The topological polar surface area (TPSA) is 7.12 Å². The second-order valence-corrected chi connectivity index (χ2v) is 8.66. The van der Waals surface area contributed by atoms with Crippen LogP contribution >= 0.6 is 0 Å². The number of halogens is 1. The lowest BCUT2D eigenvalue weighted by Crippen LogP contribution is -3.00. The summed E-state index contributed by atoms with van der Waals surface area (Å²) in [6, 6.07) is 30.4. The zero-order valence-corrected chi connectivity index (χ0v) is 20.6. The number of fused-ring (bicyclic) bond motifs is 2. The number of pyridine rings is 1. The molecule has 156 valence electrons. The summed E-state index contributed by atoms with van der Waals surface area (Å²) in [7, 11) is 2.18. The van der Waals surface area contributed by atoms with Crippen LogP contribution in [0.15, 0.2) is 90.6 Å². The molecule has 0 bridgehead atoms. The fraction of sp³-hybridized carbons (Fsp3) is 0.179. The van der Waals surface area contributed by atoms with Gasteiger partial charge < -0.3 is 28.9 Å². The average Bonchev–Trinajstić information content (AvgIpc) is 2.95. The number of para-hydroxylation sites is 3. The molecule has 2 heterocycles. The number of rotatable bonds is 2. The number of aryl methyl sites for hydroxylation is 1. The summed E-state index contributed by atoms with van der Waals surface area (Å²) in [5.74, 6) is 0. The van der Waals surface area contributed by atoms with Crippen molar-refractivity contribution >= 4 is 22.7 Å². The molecule has 0 radical (unpaired) electrons. The van der Waals surface area contributed by atoms with E-state index in [2.05, 4.69) is 128 Å². The van der Waals surface area contributed by atoms with E-state index in [-0.39, 0.29) is 29.4 Å². The molecule has 1 aromatic heterocycles. The molecule has 0 saturated carbocycles. The first-order chi connectivity index (χ1) is 14.5. The number of benzene rings is 3. The number of allylic oxidation sites excluding steroid dienone is 1. The van der Waals surface area contributed by atoms with Crippen LogP contribution in [0.2, 0.25) is 0 Å². The Morgan fingerprint density at radius 2 is 1.48 bits per heavy atom. The molecule has 0 saturated heterocycles. The third kappa shape index (κ3) is 3.45. The molecular formula is C28H27IN2. The van der Waals surface area contributed by atoms with Crippen LogP contribution in [0.1, 0.15) is 30.7 Å². The zero-order chi connectivity index (χ0) is 20.9. The van der Waals surface area contributed by atoms with Crippen LogP contribution in [-0.4, -0.2) is 7.05 Å². The number of hydrogen-bond acceptors (Lipinski definition) is 1. The molecule has 3 aromatic carbocycles. The predicted octanol–water partition coefficient (Wildman–Crippen LogP) is 3.20. The van der Waals surface area contributed by atoms with E-state index in [0.717, 1.165) is 0 Å². The van der Waals surface area contributed by atoms with Crippen LogP contribution in [0.5, 0.6) is 0 Å². The van der Waals surface area contributed by atoms with Crippen molar-refractivity contribution in [2.45, 2.75) is 26.2 Å². The Hall–Kier alpha value is -2.66. The van der Waals surface area contributed by atoms with Crippen LogP contribution < -0.4 is 33.4 Å². The molecule has 0 unspecified atom stereocenters. The van der Waals surface area contributed by atoms with E-state index in [1.807, 2.05) is 0 Å². The van der Waals surface area contributed by atoms with Gasteiger partial charge in [0.25, 0.3) is 0 Å². The van der Waals surface area contributed by atoms with Gasteiger partial charge in [0.05, 0.1) is 5.39 Å². The number of likely N-dealkylation sites (N-methyl/N-ethyl adjacent to an activating group) is 1. The molecule has 3 heteroatoms. The Labute approximate surface area is 201 Å². The van der Waals surface area contributed by atoms with Crippen LogP contribution in [0, 0.1) is 6.92 Å². The van der Waals surface area contributed by atoms with Crippen LogP contribution in [0.3, 0.4) is 0 Å². The lowest BCUT2D eigenvalue weighted by molar-refractivity contribution is -0.574. The molecule has 2 nitrogen and oxygen atoms in total. The number of aromatic nitrogens is 1. The molecule has 0 aliphatic carbocycles. The van der Waals surface area contributed by atoms with Gasteiger partial charge in [0, 0.05) is 55.0 Å². The van der Waals surface area contributed by atoms with Gasteiger partial charge in [-0.05, 0) is 29.3 Å². The van der Waals surface area contributed by atoms with Crippen LogP contribution in [0.25, 0.3) is 22.7 Å². The van der Waals surface area contributed by atoms with Gasteiger partial charge in [-0.2, -0.15) is 4.57 Å². The third-order valence-electron chi connectivity index (χ3n) is 6.42. The van der Waals surface area contributed by atoms with Gasteiger partial charge in [0.2, 0.25) is 11.2 Å². The molecule has 0 amide bonds.